The summed E-state index contributed by atoms with van der Waals surface area (Å²) in [4.78, 5) is 26.0. The number of nitrogens with zero attached hydrogens (tertiary/aromatic N) is 2. The summed E-state index contributed by atoms with van der Waals surface area (Å²) in [6, 6.07) is 0. The molecule has 0 aliphatic heterocycles. The number of hydrogen-bond donors (Lipinski definition) is 3. The maximum Gasteiger partial charge on any atom is 0.355 e. The van der Waals surface area contributed by atoms with Gasteiger partial charge in [-0.1, -0.05) is 0 Å². The highest BCUT2D eigenvalue weighted by atomic mass is 32.1. The van der Waals surface area contributed by atoms with Crippen molar-refractivity contribution in [2.75, 3.05) is 0 Å². The molecule has 0 saturated carbocycles. The van der Waals surface area contributed by atoms with E-state index >= 15 is 0 Å². The lowest BCUT2D eigenvalue weighted by molar-refractivity contribution is 0.0691. The topological polar surface area (TPSA) is 108 Å². The van der Waals surface area contributed by atoms with Gasteiger partial charge >= 0.3 is 5.97 Å². The molecule has 0 atom stereocenters. The van der Waals surface area contributed by atoms with Gasteiger partial charge in [0, 0.05) is 23.2 Å². The van der Waals surface area contributed by atoms with Gasteiger partial charge in [-0.2, -0.15) is 5.10 Å². The third-order valence-electron chi connectivity index (χ3n) is 2.29. The number of thiazole rings is 1. The van der Waals surface area contributed by atoms with Crippen LogP contribution in [-0.2, 0) is 6.54 Å². The van der Waals surface area contributed by atoms with E-state index in [0.29, 0.717) is 6.54 Å². The van der Waals surface area contributed by atoms with E-state index in [9.17, 15) is 9.59 Å². The van der Waals surface area contributed by atoms with Gasteiger partial charge in [0.05, 0.1) is 6.20 Å². The molecule has 0 aromatic carbocycles. The Morgan fingerprint density at radius 3 is 2.89 bits per heavy atom. The maximum absolute atomic E-state index is 11.7. The lowest BCUT2D eigenvalue weighted by Crippen LogP contribution is -2.23. The fourth-order valence-electron chi connectivity index (χ4n) is 1.28. The standard InChI is InChI=1S/C10H10N4O3S/c1-5-6(3-12-14-5)2-11-8(15)9-13-7(4-18-9)10(16)17/h3-4H,2H2,1H3,(H,11,15)(H,12,14)(H,16,17). The number of carboxylic acid groups (broad SMARTS) is 1. The number of nitrogens with one attached hydrogen (secondary N) is 2. The molecule has 1 amide bonds. The minimum atomic E-state index is -1.14. The molecular weight excluding hydrogens is 256 g/mol. The Morgan fingerprint density at radius 1 is 1.56 bits per heavy atom. The first-order valence-corrected chi connectivity index (χ1v) is 5.91. The number of hydrogen-bond acceptors (Lipinski definition) is 5. The van der Waals surface area contributed by atoms with Crippen LogP contribution >= 0.6 is 11.3 Å². The van der Waals surface area contributed by atoms with Crippen LogP contribution in [0.3, 0.4) is 0 Å². The highest BCUT2D eigenvalue weighted by Gasteiger charge is 2.14. The van der Waals surface area contributed by atoms with Gasteiger partial charge in [0.25, 0.3) is 5.91 Å². The first-order chi connectivity index (χ1) is 8.58. The number of aromatic carboxylic acids is 1. The Labute approximate surface area is 106 Å². The lowest BCUT2D eigenvalue weighted by atomic mass is 10.2. The Bertz CT molecular complexity index is 589. The first kappa shape index (κ1) is 12.2. The number of carbonyl (C=O) groups excluding carboxylic acids is 1. The molecule has 0 saturated heterocycles. The number of H-pyrrole nitrogens is 1. The molecule has 0 fully saturated rings. The van der Waals surface area contributed by atoms with Crippen LogP contribution in [0.4, 0.5) is 0 Å². The highest BCUT2D eigenvalue weighted by Crippen LogP contribution is 2.10. The molecule has 0 aliphatic carbocycles. The summed E-state index contributed by atoms with van der Waals surface area (Å²) < 4.78 is 0. The van der Waals surface area contributed by atoms with E-state index in [4.69, 9.17) is 5.11 Å². The molecule has 0 aliphatic rings. The largest absolute Gasteiger partial charge is 0.476 e. The van der Waals surface area contributed by atoms with Crippen LogP contribution in [0.15, 0.2) is 11.6 Å². The Morgan fingerprint density at radius 2 is 2.33 bits per heavy atom. The van der Waals surface area contributed by atoms with Crippen molar-refractivity contribution in [1.82, 2.24) is 20.5 Å². The molecule has 18 heavy (non-hydrogen) atoms. The second-order valence-electron chi connectivity index (χ2n) is 3.55. The van der Waals surface area contributed by atoms with Crippen molar-refractivity contribution in [2.24, 2.45) is 0 Å². The SMILES string of the molecule is Cc1[nH]ncc1CNC(=O)c1nc(C(=O)O)cs1. The van der Waals surface area contributed by atoms with E-state index in [1.165, 1.54) is 5.38 Å². The number of rotatable bonds is 4. The summed E-state index contributed by atoms with van der Waals surface area (Å²) in [7, 11) is 0. The average Bonchev–Trinajstić information content (AvgIpc) is 2.94. The minimum Gasteiger partial charge on any atom is -0.476 e. The lowest BCUT2D eigenvalue weighted by Gasteiger charge is -2.01. The molecule has 94 valence electrons. The van der Waals surface area contributed by atoms with Crippen LogP contribution in [0.2, 0.25) is 0 Å². The van der Waals surface area contributed by atoms with Crippen molar-refractivity contribution >= 4 is 23.2 Å². The zero-order valence-corrected chi connectivity index (χ0v) is 10.2. The predicted octanol–water partition coefficient (Wildman–Crippen LogP) is 0.803. The Kier molecular flexibility index (Phi) is 3.38. The van der Waals surface area contributed by atoms with Crippen LogP contribution in [0, 0.1) is 6.92 Å². The van der Waals surface area contributed by atoms with Crippen LogP contribution in [0.5, 0.6) is 0 Å². The molecule has 2 heterocycles. The fraction of sp³-hybridized carbons (Fsp3) is 0.200. The van der Waals surface area contributed by atoms with Crippen molar-refractivity contribution in [3.63, 3.8) is 0 Å². The number of aryl methyl sites for hydroxylation is 1. The van der Waals surface area contributed by atoms with E-state index in [1.807, 2.05) is 6.92 Å². The monoisotopic (exact) mass is 266 g/mol. The number of carbonyl (C=O) groups is 2. The second-order valence-corrected chi connectivity index (χ2v) is 4.40. The zero-order valence-electron chi connectivity index (χ0n) is 9.43. The van der Waals surface area contributed by atoms with Crippen molar-refractivity contribution in [2.45, 2.75) is 13.5 Å². The van der Waals surface area contributed by atoms with E-state index in [0.717, 1.165) is 22.6 Å². The molecule has 0 bridgehead atoms. The van der Waals surface area contributed by atoms with Gasteiger partial charge in [0.1, 0.15) is 0 Å². The van der Waals surface area contributed by atoms with Crippen LogP contribution in [-0.4, -0.2) is 32.2 Å². The average molecular weight is 266 g/mol. The molecule has 7 nitrogen and oxygen atoms in total. The van der Waals surface area contributed by atoms with Gasteiger partial charge in [0.15, 0.2) is 10.7 Å². The van der Waals surface area contributed by atoms with Gasteiger partial charge in [-0.05, 0) is 6.92 Å². The predicted molar refractivity (Wildman–Crippen MR) is 63.6 cm³/mol. The smallest absolute Gasteiger partial charge is 0.355 e. The summed E-state index contributed by atoms with van der Waals surface area (Å²) in [6.45, 7) is 2.17. The number of aromatic nitrogens is 3. The van der Waals surface area contributed by atoms with Crippen molar-refractivity contribution in [3.05, 3.63) is 33.5 Å². The molecule has 8 heteroatoms. The van der Waals surface area contributed by atoms with Crippen LogP contribution in [0.1, 0.15) is 31.5 Å². The fourth-order valence-corrected chi connectivity index (χ4v) is 1.99. The summed E-state index contributed by atoms with van der Waals surface area (Å²) in [5.41, 5.74) is 1.63. The minimum absolute atomic E-state index is 0.121. The molecule has 2 rings (SSSR count). The van der Waals surface area contributed by atoms with E-state index in [-0.39, 0.29) is 10.7 Å². The van der Waals surface area contributed by atoms with Crippen LogP contribution in [0.25, 0.3) is 0 Å². The molecule has 0 unspecified atom stereocenters. The van der Waals surface area contributed by atoms with Crippen molar-refractivity contribution in [3.8, 4) is 0 Å². The highest BCUT2D eigenvalue weighted by molar-refractivity contribution is 7.11. The summed E-state index contributed by atoms with van der Waals surface area (Å²) in [5.74, 6) is -1.54. The first-order valence-electron chi connectivity index (χ1n) is 5.04. The quantitative estimate of drug-likeness (QED) is 0.758. The number of carboxylic acids is 1. The molecule has 2 aromatic heterocycles. The van der Waals surface area contributed by atoms with E-state index in [2.05, 4.69) is 20.5 Å². The van der Waals surface area contributed by atoms with Gasteiger partial charge in [0.2, 0.25) is 0 Å². The Hall–Kier alpha value is -2.22. The normalized spacial score (nSPS) is 10.3. The van der Waals surface area contributed by atoms with Crippen molar-refractivity contribution in [1.29, 1.82) is 0 Å². The second kappa shape index (κ2) is 4.96. The summed E-state index contributed by atoms with van der Waals surface area (Å²) in [6.07, 6.45) is 1.63. The molecular formula is C10H10N4O3S. The number of amides is 1. The van der Waals surface area contributed by atoms with Gasteiger partial charge in [-0.3, -0.25) is 9.89 Å². The van der Waals surface area contributed by atoms with Gasteiger partial charge in [-0.25, -0.2) is 9.78 Å². The van der Waals surface area contributed by atoms with Gasteiger partial charge < -0.3 is 10.4 Å². The summed E-state index contributed by atoms with van der Waals surface area (Å²) in [5, 5.41) is 19.4. The van der Waals surface area contributed by atoms with Crippen molar-refractivity contribution < 1.29 is 14.7 Å². The van der Waals surface area contributed by atoms with Crippen LogP contribution < -0.4 is 5.32 Å². The third kappa shape index (κ3) is 2.54. The summed E-state index contributed by atoms with van der Waals surface area (Å²) >= 11 is 1.000. The van der Waals surface area contributed by atoms with Gasteiger partial charge in [-0.15, -0.1) is 11.3 Å². The maximum atomic E-state index is 11.7. The molecule has 0 spiro atoms. The molecule has 2 aromatic rings. The number of aromatic amines is 1. The zero-order chi connectivity index (χ0) is 13.1. The third-order valence-corrected chi connectivity index (χ3v) is 3.13. The molecule has 0 radical (unpaired) electrons. The molecule has 3 N–H and O–H groups in total. The Balaban J connectivity index is 1.99. The van der Waals surface area contributed by atoms with E-state index in [1.54, 1.807) is 6.20 Å². The van der Waals surface area contributed by atoms with E-state index < -0.39 is 11.9 Å².